The van der Waals surface area contributed by atoms with Crippen LogP contribution in [0.4, 0.5) is 11.4 Å². The lowest BCUT2D eigenvalue weighted by atomic mass is 10.2. The number of hydrogen-bond donors (Lipinski definition) is 1. The lowest BCUT2D eigenvalue weighted by Gasteiger charge is -2.19. The van der Waals surface area contributed by atoms with E-state index < -0.39 is 0 Å². The molecule has 0 radical (unpaired) electrons. The van der Waals surface area contributed by atoms with E-state index >= 15 is 0 Å². The van der Waals surface area contributed by atoms with Crippen LogP contribution in [0.15, 0.2) is 59.8 Å². The first-order valence-electron chi connectivity index (χ1n) is 10.3. The van der Waals surface area contributed by atoms with E-state index in [0.29, 0.717) is 22.4 Å². The van der Waals surface area contributed by atoms with Crippen molar-refractivity contribution in [2.75, 3.05) is 22.5 Å². The van der Waals surface area contributed by atoms with Gasteiger partial charge in [-0.25, -0.2) is 0 Å². The molecule has 0 aliphatic heterocycles. The smallest absolute Gasteiger partial charge is 0.238 e. The maximum atomic E-state index is 12.9. The molecule has 162 valence electrons. The molecule has 8 nitrogen and oxygen atoms in total. The minimum Gasteiger partial charge on any atom is -0.326 e. The number of rotatable bonds is 8. The molecule has 3 aromatic rings. The molecule has 1 aliphatic carbocycles. The molecule has 1 saturated carbocycles. The van der Waals surface area contributed by atoms with Gasteiger partial charge < -0.3 is 5.32 Å². The molecule has 2 amide bonds. The number of amides is 2. The number of thioether (sulfide) groups is 1. The summed E-state index contributed by atoms with van der Waals surface area (Å²) < 4.78 is 1.96. The molecule has 0 bridgehead atoms. The second-order valence-corrected chi connectivity index (χ2v) is 8.39. The molecular formula is C23H22N6O2S. The Bertz CT molecular complexity index is 1170. The Morgan fingerprint density at radius 3 is 2.66 bits per heavy atom. The van der Waals surface area contributed by atoms with Gasteiger partial charge in [0.05, 0.1) is 17.5 Å². The summed E-state index contributed by atoms with van der Waals surface area (Å²) >= 11 is 1.29. The van der Waals surface area contributed by atoms with Gasteiger partial charge in [0.25, 0.3) is 0 Å². The Balaban J connectivity index is 1.58. The number of aromatic nitrogens is 3. The Hall–Kier alpha value is -3.64. The highest BCUT2D eigenvalue weighted by Crippen LogP contribution is 2.41. The van der Waals surface area contributed by atoms with Crippen LogP contribution in [0.2, 0.25) is 0 Å². The number of hydrogen-bond acceptors (Lipinski definition) is 6. The Kier molecular flexibility index (Phi) is 6.52. The summed E-state index contributed by atoms with van der Waals surface area (Å²) in [7, 11) is 0. The summed E-state index contributed by atoms with van der Waals surface area (Å²) in [6, 6.07) is 18.7. The second-order valence-electron chi connectivity index (χ2n) is 7.44. The largest absolute Gasteiger partial charge is 0.326 e. The van der Waals surface area contributed by atoms with Crippen LogP contribution >= 0.6 is 11.8 Å². The van der Waals surface area contributed by atoms with E-state index in [1.54, 1.807) is 12.1 Å². The van der Waals surface area contributed by atoms with Crippen molar-refractivity contribution in [1.82, 2.24) is 14.8 Å². The van der Waals surface area contributed by atoms with Crippen molar-refractivity contribution in [3.05, 3.63) is 60.4 Å². The normalized spacial score (nSPS) is 12.8. The molecule has 32 heavy (non-hydrogen) atoms. The van der Waals surface area contributed by atoms with Crippen LogP contribution in [0.3, 0.4) is 0 Å². The SMILES string of the molecule is CC(=O)Nc1cccc(-n2c(SCC(=O)N(CC#N)c3ccccc3)nnc2C2CC2)c1. The number of anilines is 2. The molecule has 0 spiro atoms. The predicted molar refractivity (Wildman–Crippen MR) is 123 cm³/mol. The Morgan fingerprint density at radius 2 is 1.97 bits per heavy atom. The number of benzene rings is 2. The van der Waals surface area contributed by atoms with E-state index in [2.05, 4.69) is 21.6 Å². The summed E-state index contributed by atoms with van der Waals surface area (Å²) in [6.45, 7) is 1.44. The maximum absolute atomic E-state index is 12.9. The van der Waals surface area contributed by atoms with Crippen molar-refractivity contribution in [1.29, 1.82) is 5.26 Å². The van der Waals surface area contributed by atoms with E-state index in [4.69, 9.17) is 0 Å². The van der Waals surface area contributed by atoms with Crippen molar-refractivity contribution >= 4 is 35.0 Å². The van der Waals surface area contributed by atoms with Crippen LogP contribution in [0, 0.1) is 11.3 Å². The summed E-state index contributed by atoms with van der Waals surface area (Å²) in [4.78, 5) is 25.9. The molecule has 0 atom stereocenters. The summed E-state index contributed by atoms with van der Waals surface area (Å²) in [5.74, 6) is 0.989. The van der Waals surface area contributed by atoms with Gasteiger partial charge in [0.2, 0.25) is 11.8 Å². The minimum absolute atomic E-state index is 0.0256. The van der Waals surface area contributed by atoms with E-state index in [0.717, 1.165) is 24.4 Å². The van der Waals surface area contributed by atoms with Crippen LogP contribution in [0.5, 0.6) is 0 Å². The average Bonchev–Trinajstić information content (AvgIpc) is 3.55. The summed E-state index contributed by atoms with van der Waals surface area (Å²) in [5, 5.41) is 21.3. The molecule has 9 heteroatoms. The van der Waals surface area contributed by atoms with E-state index in [9.17, 15) is 14.9 Å². The predicted octanol–water partition coefficient (Wildman–Crippen LogP) is 3.75. The Morgan fingerprint density at radius 1 is 1.19 bits per heavy atom. The number of nitrogens with one attached hydrogen (secondary N) is 1. The molecule has 0 unspecified atom stereocenters. The van der Waals surface area contributed by atoms with Gasteiger partial charge >= 0.3 is 0 Å². The van der Waals surface area contributed by atoms with Gasteiger partial charge in [0.1, 0.15) is 12.4 Å². The summed E-state index contributed by atoms with van der Waals surface area (Å²) in [6.07, 6.45) is 2.11. The molecule has 1 N–H and O–H groups in total. The zero-order chi connectivity index (χ0) is 22.5. The fourth-order valence-corrected chi connectivity index (χ4v) is 4.19. The lowest BCUT2D eigenvalue weighted by Crippen LogP contribution is -2.32. The van der Waals surface area contributed by atoms with E-state index in [1.165, 1.54) is 23.6 Å². The summed E-state index contributed by atoms with van der Waals surface area (Å²) in [5.41, 5.74) is 2.19. The first-order chi connectivity index (χ1) is 15.6. The van der Waals surface area contributed by atoms with Crippen LogP contribution in [-0.4, -0.2) is 38.9 Å². The van der Waals surface area contributed by atoms with Gasteiger partial charge in [-0.3, -0.25) is 19.1 Å². The quantitative estimate of drug-likeness (QED) is 0.417. The van der Waals surface area contributed by atoms with Crippen LogP contribution in [-0.2, 0) is 9.59 Å². The van der Waals surface area contributed by atoms with Gasteiger partial charge in [0, 0.05) is 24.2 Å². The van der Waals surface area contributed by atoms with Crippen molar-refractivity contribution in [3.63, 3.8) is 0 Å². The third-order valence-electron chi connectivity index (χ3n) is 4.95. The minimum atomic E-state index is -0.183. The highest BCUT2D eigenvalue weighted by molar-refractivity contribution is 7.99. The van der Waals surface area contributed by atoms with Crippen molar-refractivity contribution in [2.24, 2.45) is 0 Å². The molecule has 4 rings (SSSR count). The number of para-hydroxylation sites is 1. The fourth-order valence-electron chi connectivity index (χ4n) is 3.36. The molecule has 1 fully saturated rings. The van der Waals surface area contributed by atoms with Gasteiger partial charge in [-0.15, -0.1) is 10.2 Å². The highest BCUT2D eigenvalue weighted by atomic mass is 32.2. The van der Waals surface area contributed by atoms with Crippen molar-refractivity contribution in [2.45, 2.75) is 30.8 Å². The van der Waals surface area contributed by atoms with Crippen LogP contribution in [0.25, 0.3) is 5.69 Å². The number of carbonyl (C=O) groups excluding carboxylic acids is 2. The maximum Gasteiger partial charge on any atom is 0.238 e. The molecule has 2 aromatic carbocycles. The third kappa shape index (κ3) is 4.98. The Labute approximate surface area is 190 Å². The zero-order valence-corrected chi connectivity index (χ0v) is 18.4. The molecule has 1 heterocycles. The zero-order valence-electron chi connectivity index (χ0n) is 17.6. The van der Waals surface area contributed by atoms with Gasteiger partial charge in [-0.1, -0.05) is 36.0 Å². The average molecular weight is 447 g/mol. The van der Waals surface area contributed by atoms with Crippen LogP contribution < -0.4 is 10.2 Å². The number of nitrogens with zero attached hydrogens (tertiary/aromatic N) is 5. The van der Waals surface area contributed by atoms with Gasteiger partial charge in [-0.05, 0) is 43.2 Å². The second kappa shape index (κ2) is 9.66. The molecule has 0 saturated heterocycles. The monoisotopic (exact) mass is 446 g/mol. The topological polar surface area (TPSA) is 104 Å². The molecular weight excluding hydrogens is 424 g/mol. The van der Waals surface area contributed by atoms with Gasteiger partial charge in [-0.2, -0.15) is 5.26 Å². The lowest BCUT2D eigenvalue weighted by molar-refractivity contribution is -0.116. The van der Waals surface area contributed by atoms with Crippen LogP contribution in [0.1, 0.15) is 31.5 Å². The van der Waals surface area contributed by atoms with E-state index in [1.807, 2.05) is 47.0 Å². The van der Waals surface area contributed by atoms with Gasteiger partial charge in [0.15, 0.2) is 5.16 Å². The van der Waals surface area contributed by atoms with Crippen molar-refractivity contribution in [3.8, 4) is 11.8 Å². The van der Waals surface area contributed by atoms with Crippen molar-refractivity contribution < 1.29 is 9.59 Å². The number of nitriles is 1. The number of carbonyl (C=O) groups is 2. The molecule has 1 aromatic heterocycles. The van der Waals surface area contributed by atoms with E-state index in [-0.39, 0.29) is 24.1 Å². The standard InChI is InChI=1S/C23H22N6O2S/c1-16(30)25-18-6-5-9-20(14-18)29-22(17-10-11-17)26-27-23(29)32-15-21(31)28(13-12-24)19-7-3-2-4-8-19/h2-9,14,17H,10-11,13,15H2,1H3,(H,25,30). The molecule has 1 aliphatic rings. The highest BCUT2D eigenvalue weighted by Gasteiger charge is 2.31. The fraction of sp³-hybridized carbons (Fsp3) is 0.261. The first kappa shape index (κ1) is 21.6. The third-order valence-corrected chi connectivity index (χ3v) is 5.86. The first-order valence-corrected chi connectivity index (χ1v) is 11.2.